The Morgan fingerprint density at radius 3 is 1.58 bits per heavy atom. The van der Waals surface area contributed by atoms with Crippen molar-refractivity contribution in [1.82, 2.24) is 0 Å². The lowest BCUT2D eigenvalue weighted by Gasteiger charge is -2.30. The number of benzene rings is 1. The van der Waals surface area contributed by atoms with E-state index in [9.17, 15) is 31.4 Å². The average molecular weight is 288 g/mol. The molecule has 0 saturated carbocycles. The Morgan fingerprint density at radius 2 is 1.26 bits per heavy atom. The van der Waals surface area contributed by atoms with Crippen molar-refractivity contribution in [3.8, 4) is 5.75 Å². The van der Waals surface area contributed by atoms with E-state index in [0.717, 1.165) is 13.8 Å². The summed E-state index contributed by atoms with van der Waals surface area (Å²) >= 11 is 0. The van der Waals surface area contributed by atoms with Crippen LogP contribution in [0.4, 0.5) is 26.3 Å². The van der Waals surface area contributed by atoms with E-state index in [1.54, 1.807) is 0 Å². The third-order valence-electron chi connectivity index (χ3n) is 2.65. The van der Waals surface area contributed by atoms with Gasteiger partial charge in [-0.3, -0.25) is 0 Å². The van der Waals surface area contributed by atoms with Gasteiger partial charge in [0.1, 0.15) is 5.75 Å². The molecule has 8 heteroatoms. The second kappa shape index (κ2) is 4.29. The predicted octanol–water partition coefficient (Wildman–Crippen LogP) is 3.32. The van der Waals surface area contributed by atoms with Crippen molar-refractivity contribution < 1.29 is 36.6 Å². The molecule has 2 N–H and O–H groups in total. The molecular formula is C11H10F6O2. The van der Waals surface area contributed by atoms with Crippen molar-refractivity contribution >= 4 is 0 Å². The molecule has 1 aromatic carbocycles. The van der Waals surface area contributed by atoms with Crippen LogP contribution < -0.4 is 0 Å². The van der Waals surface area contributed by atoms with Crippen LogP contribution in [0.15, 0.2) is 12.1 Å². The third-order valence-corrected chi connectivity index (χ3v) is 2.65. The van der Waals surface area contributed by atoms with Gasteiger partial charge in [0.25, 0.3) is 0 Å². The number of hydrogen-bond acceptors (Lipinski definition) is 2. The van der Waals surface area contributed by atoms with Crippen molar-refractivity contribution in [1.29, 1.82) is 0 Å². The van der Waals surface area contributed by atoms with Gasteiger partial charge >= 0.3 is 18.0 Å². The summed E-state index contributed by atoms with van der Waals surface area (Å²) in [5, 5.41) is 17.8. The third kappa shape index (κ3) is 2.36. The van der Waals surface area contributed by atoms with E-state index in [2.05, 4.69) is 0 Å². The van der Waals surface area contributed by atoms with E-state index in [4.69, 9.17) is 5.11 Å². The van der Waals surface area contributed by atoms with Crippen LogP contribution in [0.3, 0.4) is 0 Å². The maximum Gasteiger partial charge on any atom is 0.455 e. The smallest absolute Gasteiger partial charge is 0.455 e. The molecule has 0 aliphatic heterocycles. The highest BCUT2D eigenvalue weighted by Crippen LogP contribution is 2.49. The molecule has 0 amide bonds. The summed E-state index contributed by atoms with van der Waals surface area (Å²) in [6.07, 6.45) is -6.16. The van der Waals surface area contributed by atoms with E-state index in [-0.39, 0.29) is 11.1 Å². The maximum atomic E-state index is 13.5. The largest absolute Gasteiger partial charge is 0.507 e. The molecule has 0 fully saturated rings. The van der Waals surface area contributed by atoms with Gasteiger partial charge in [0.05, 0.1) is 0 Å². The Labute approximate surface area is 104 Å². The number of rotatable bonds is 2. The van der Waals surface area contributed by atoms with Gasteiger partial charge in [-0.15, -0.1) is 0 Å². The highest BCUT2D eigenvalue weighted by atomic mass is 19.4. The van der Waals surface area contributed by atoms with Crippen LogP contribution in [-0.2, 0) is 5.92 Å². The van der Waals surface area contributed by atoms with E-state index < -0.39 is 29.3 Å². The van der Waals surface area contributed by atoms with E-state index in [0.29, 0.717) is 12.1 Å². The summed E-state index contributed by atoms with van der Waals surface area (Å²) in [6, 6.07) is 0.969. The van der Waals surface area contributed by atoms with Gasteiger partial charge in [0, 0.05) is 5.56 Å². The van der Waals surface area contributed by atoms with E-state index in [1.165, 1.54) is 0 Å². The molecule has 0 aromatic heterocycles. The lowest BCUT2D eigenvalue weighted by Crippen LogP contribution is -2.53. The highest BCUT2D eigenvalue weighted by Gasteiger charge is 2.71. The molecule has 1 unspecified atom stereocenters. The molecule has 0 spiro atoms. The van der Waals surface area contributed by atoms with Crippen LogP contribution in [0.1, 0.15) is 16.7 Å². The number of hydrogen-bond donors (Lipinski definition) is 2. The van der Waals surface area contributed by atoms with Crippen LogP contribution in [0, 0.1) is 13.8 Å². The predicted molar refractivity (Wildman–Crippen MR) is 53.6 cm³/mol. The first-order valence-corrected chi connectivity index (χ1v) is 4.99. The van der Waals surface area contributed by atoms with Crippen LogP contribution in [0.2, 0.25) is 0 Å². The number of aliphatic hydroxyl groups is 1. The Kier molecular flexibility index (Phi) is 3.53. The summed E-state index contributed by atoms with van der Waals surface area (Å²) in [7, 11) is 0. The second-order valence-electron chi connectivity index (χ2n) is 4.15. The Bertz CT molecular complexity index is 469. The fraction of sp³-hybridized carbons (Fsp3) is 0.455. The number of halogens is 6. The molecule has 1 rings (SSSR count). The molecule has 0 saturated heterocycles. The molecule has 0 bridgehead atoms. The number of alkyl halides is 6. The lowest BCUT2D eigenvalue weighted by atomic mass is 9.96. The van der Waals surface area contributed by atoms with Crippen molar-refractivity contribution in [2.45, 2.75) is 31.8 Å². The molecule has 0 heterocycles. The molecule has 0 radical (unpaired) electrons. The Morgan fingerprint density at radius 1 is 0.895 bits per heavy atom. The van der Waals surface area contributed by atoms with Crippen molar-refractivity contribution in [2.24, 2.45) is 0 Å². The fourth-order valence-corrected chi connectivity index (χ4v) is 1.51. The first kappa shape index (κ1) is 15.6. The summed E-state index contributed by atoms with van der Waals surface area (Å²) in [6.45, 7) is 2.32. The molecule has 2 nitrogen and oxygen atoms in total. The highest BCUT2D eigenvalue weighted by molar-refractivity contribution is 5.44. The van der Waals surface area contributed by atoms with Crippen LogP contribution in [-0.4, -0.2) is 22.2 Å². The minimum atomic E-state index is -6.16. The van der Waals surface area contributed by atoms with Gasteiger partial charge < -0.3 is 10.2 Å². The minimum absolute atomic E-state index is 0.160. The summed E-state index contributed by atoms with van der Waals surface area (Å²) in [4.78, 5) is 0. The number of phenolic OH excluding ortho intramolecular Hbond substituents is 1. The summed E-state index contributed by atoms with van der Waals surface area (Å²) < 4.78 is 76.5. The van der Waals surface area contributed by atoms with Crippen LogP contribution in [0.25, 0.3) is 0 Å². The first-order chi connectivity index (χ1) is 8.32. The quantitative estimate of drug-likeness (QED) is 0.820. The molecule has 1 atom stereocenters. The Balaban J connectivity index is 3.44. The zero-order valence-electron chi connectivity index (χ0n) is 9.82. The maximum absolute atomic E-state index is 13.5. The van der Waals surface area contributed by atoms with E-state index in [1.807, 2.05) is 0 Å². The fourth-order valence-electron chi connectivity index (χ4n) is 1.51. The number of phenols is 1. The molecule has 1 aromatic rings. The first-order valence-electron chi connectivity index (χ1n) is 4.99. The monoisotopic (exact) mass is 288 g/mol. The van der Waals surface area contributed by atoms with Gasteiger partial charge in [0.2, 0.25) is 0 Å². The van der Waals surface area contributed by atoms with E-state index >= 15 is 0 Å². The summed E-state index contributed by atoms with van der Waals surface area (Å²) in [5.74, 6) is -11.3. The van der Waals surface area contributed by atoms with Crippen molar-refractivity contribution in [3.63, 3.8) is 0 Å². The number of aromatic hydroxyl groups is 1. The normalized spacial score (nSPS) is 16.3. The van der Waals surface area contributed by atoms with Crippen molar-refractivity contribution in [2.75, 3.05) is 0 Å². The average Bonchev–Trinajstić information content (AvgIpc) is 2.23. The van der Waals surface area contributed by atoms with Crippen molar-refractivity contribution in [3.05, 3.63) is 28.8 Å². The van der Waals surface area contributed by atoms with Gasteiger partial charge in [-0.2, -0.15) is 26.3 Å². The summed E-state index contributed by atoms with van der Waals surface area (Å²) in [5.41, 5.74) is -1.69. The topological polar surface area (TPSA) is 40.5 Å². The molecule has 0 aliphatic rings. The lowest BCUT2D eigenvalue weighted by molar-refractivity contribution is -0.390. The SMILES string of the molecule is Cc1cc(C(F)(F)C(O)(F)C(F)(F)F)cc(C)c1O. The van der Waals surface area contributed by atoms with Gasteiger partial charge in [-0.1, -0.05) is 0 Å². The second-order valence-corrected chi connectivity index (χ2v) is 4.15. The molecular weight excluding hydrogens is 278 g/mol. The number of aryl methyl sites for hydroxylation is 2. The molecule has 0 aliphatic carbocycles. The van der Waals surface area contributed by atoms with Crippen LogP contribution in [0.5, 0.6) is 5.75 Å². The van der Waals surface area contributed by atoms with Gasteiger partial charge in [0.15, 0.2) is 0 Å². The molecule has 19 heavy (non-hydrogen) atoms. The zero-order chi connectivity index (χ0) is 15.2. The van der Waals surface area contributed by atoms with Crippen LogP contribution >= 0.6 is 0 Å². The Hall–Kier alpha value is -1.44. The minimum Gasteiger partial charge on any atom is -0.507 e. The van der Waals surface area contributed by atoms with Gasteiger partial charge in [-0.25, -0.2) is 0 Å². The standard InChI is InChI=1S/C11H10F6O2/c1-5-3-7(4-6(2)8(5)18)9(12,13)10(14,19)11(15,16)17/h3-4,18-19H,1-2H3. The van der Waals surface area contributed by atoms with Gasteiger partial charge in [-0.05, 0) is 37.1 Å². The zero-order valence-corrected chi connectivity index (χ0v) is 9.82. The molecule has 108 valence electrons.